The van der Waals surface area contributed by atoms with Crippen molar-refractivity contribution < 1.29 is 4.92 Å². The molecule has 0 amide bonds. The van der Waals surface area contributed by atoms with Crippen LogP contribution in [0.4, 0.5) is 5.69 Å². The van der Waals surface area contributed by atoms with Crippen LogP contribution in [0.3, 0.4) is 0 Å². The number of aromatic nitrogens is 2. The Labute approximate surface area is 99.5 Å². The maximum Gasteiger partial charge on any atom is 0.329 e. The van der Waals surface area contributed by atoms with Crippen LogP contribution in [-0.4, -0.2) is 14.7 Å². The van der Waals surface area contributed by atoms with Gasteiger partial charge in [0, 0.05) is 5.92 Å². The molecule has 0 bridgehead atoms. The molecule has 1 aromatic heterocycles. The molecule has 0 aliphatic carbocycles. The van der Waals surface area contributed by atoms with Crippen LogP contribution in [0.1, 0.15) is 51.8 Å². The summed E-state index contributed by atoms with van der Waals surface area (Å²) >= 11 is 6.00. The molecule has 1 rings (SSSR count). The van der Waals surface area contributed by atoms with E-state index in [1.54, 1.807) is 0 Å². The van der Waals surface area contributed by atoms with E-state index in [2.05, 4.69) is 5.10 Å². The van der Waals surface area contributed by atoms with Crippen molar-refractivity contribution in [3.05, 3.63) is 21.0 Å². The largest absolute Gasteiger partial charge is 0.329 e. The summed E-state index contributed by atoms with van der Waals surface area (Å²) in [5, 5.41) is 15.3. The minimum absolute atomic E-state index is 0.0109. The molecule has 90 valence electrons. The molecule has 0 saturated heterocycles. The van der Waals surface area contributed by atoms with Crippen LogP contribution < -0.4 is 0 Å². The number of hydrogen-bond acceptors (Lipinski definition) is 3. The Morgan fingerprint density at radius 3 is 2.38 bits per heavy atom. The first-order valence-corrected chi connectivity index (χ1v) is 5.70. The lowest BCUT2D eigenvalue weighted by atomic mass is 10.1. The minimum atomic E-state index is -0.455. The Hall–Kier alpha value is -1.10. The third kappa shape index (κ3) is 2.19. The van der Waals surface area contributed by atoms with Crippen LogP contribution in [-0.2, 0) is 0 Å². The van der Waals surface area contributed by atoms with E-state index in [0.717, 1.165) is 6.42 Å². The molecule has 0 N–H and O–H groups in total. The van der Waals surface area contributed by atoms with E-state index in [1.165, 1.54) is 4.68 Å². The second-order valence-corrected chi connectivity index (χ2v) is 4.50. The second-order valence-electron chi connectivity index (χ2n) is 4.14. The highest BCUT2D eigenvalue weighted by molar-refractivity contribution is 6.31. The predicted molar refractivity (Wildman–Crippen MR) is 63.0 cm³/mol. The van der Waals surface area contributed by atoms with E-state index in [4.69, 9.17) is 11.6 Å². The lowest BCUT2D eigenvalue weighted by Crippen LogP contribution is -2.06. The van der Waals surface area contributed by atoms with Gasteiger partial charge in [0.05, 0.1) is 11.0 Å². The molecule has 1 heterocycles. The number of halogens is 1. The van der Waals surface area contributed by atoms with Crippen molar-refractivity contribution in [3.63, 3.8) is 0 Å². The Bertz CT molecular complexity index is 401. The van der Waals surface area contributed by atoms with Gasteiger partial charge < -0.3 is 0 Å². The average molecular weight is 246 g/mol. The molecule has 0 fully saturated rings. The van der Waals surface area contributed by atoms with Gasteiger partial charge in [-0.3, -0.25) is 10.1 Å². The molecule has 0 aliphatic rings. The van der Waals surface area contributed by atoms with Crippen molar-refractivity contribution in [2.45, 2.75) is 46.1 Å². The number of rotatable bonds is 4. The summed E-state index contributed by atoms with van der Waals surface area (Å²) in [7, 11) is 0. The molecule has 0 spiro atoms. The van der Waals surface area contributed by atoms with Crippen LogP contribution >= 0.6 is 11.6 Å². The summed E-state index contributed by atoms with van der Waals surface area (Å²) in [5.41, 5.74) is 0.396. The zero-order chi connectivity index (χ0) is 12.5. The first kappa shape index (κ1) is 13.0. The Kier molecular flexibility index (Phi) is 3.91. The van der Waals surface area contributed by atoms with Crippen LogP contribution in [0.25, 0.3) is 0 Å². The predicted octanol–water partition coefficient (Wildman–Crippen LogP) is 3.54. The fourth-order valence-electron chi connectivity index (χ4n) is 1.44. The van der Waals surface area contributed by atoms with Gasteiger partial charge in [-0.15, -0.1) is 0 Å². The van der Waals surface area contributed by atoms with Crippen LogP contribution in [0, 0.1) is 10.1 Å². The first-order valence-electron chi connectivity index (χ1n) is 5.32. The van der Waals surface area contributed by atoms with Crippen molar-refractivity contribution >= 4 is 17.3 Å². The molecular weight excluding hydrogens is 230 g/mol. The minimum Gasteiger partial charge on any atom is -0.258 e. The van der Waals surface area contributed by atoms with Crippen molar-refractivity contribution in [2.75, 3.05) is 0 Å². The summed E-state index contributed by atoms with van der Waals surface area (Å²) in [6.07, 6.45) is 0.829. The van der Waals surface area contributed by atoms with Crippen molar-refractivity contribution in [3.8, 4) is 0 Å². The molecule has 1 aromatic rings. The molecule has 1 atom stereocenters. The van der Waals surface area contributed by atoms with Gasteiger partial charge in [-0.1, -0.05) is 32.4 Å². The van der Waals surface area contributed by atoms with Gasteiger partial charge >= 0.3 is 5.69 Å². The molecule has 0 radical (unpaired) electrons. The summed E-state index contributed by atoms with van der Waals surface area (Å²) in [5.74, 6) is -0.0109. The fourth-order valence-corrected chi connectivity index (χ4v) is 1.81. The maximum atomic E-state index is 10.9. The Balaban J connectivity index is 3.35. The normalized spacial score (nSPS) is 13.1. The SMILES string of the molecule is CCC(C)n1nc(C(C)C)c([N+](=O)[O-])c1Cl. The lowest BCUT2D eigenvalue weighted by Gasteiger charge is -2.09. The van der Waals surface area contributed by atoms with E-state index in [0.29, 0.717) is 5.69 Å². The van der Waals surface area contributed by atoms with E-state index in [-0.39, 0.29) is 22.8 Å². The highest BCUT2D eigenvalue weighted by atomic mass is 35.5. The molecule has 5 nitrogen and oxygen atoms in total. The summed E-state index contributed by atoms with van der Waals surface area (Å²) in [4.78, 5) is 10.5. The molecule has 16 heavy (non-hydrogen) atoms. The van der Waals surface area contributed by atoms with Gasteiger partial charge in [0.1, 0.15) is 5.69 Å². The van der Waals surface area contributed by atoms with Gasteiger partial charge in [-0.2, -0.15) is 5.10 Å². The number of nitro groups is 1. The molecule has 0 saturated carbocycles. The third-order valence-electron chi connectivity index (χ3n) is 2.59. The zero-order valence-corrected chi connectivity index (χ0v) is 10.7. The van der Waals surface area contributed by atoms with Crippen LogP contribution in [0.15, 0.2) is 0 Å². The molecule has 1 unspecified atom stereocenters. The average Bonchev–Trinajstić information content (AvgIpc) is 2.55. The summed E-state index contributed by atoms with van der Waals surface area (Å²) in [6, 6.07) is 0.0682. The van der Waals surface area contributed by atoms with Crippen molar-refractivity contribution in [1.82, 2.24) is 9.78 Å². The number of hydrogen-bond donors (Lipinski definition) is 0. The van der Waals surface area contributed by atoms with Gasteiger partial charge in [-0.05, 0) is 13.3 Å². The fraction of sp³-hybridized carbons (Fsp3) is 0.700. The zero-order valence-electron chi connectivity index (χ0n) is 9.90. The lowest BCUT2D eigenvalue weighted by molar-refractivity contribution is -0.385. The third-order valence-corrected chi connectivity index (χ3v) is 2.94. The first-order chi connectivity index (χ1) is 7.40. The molecular formula is C10H16ClN3O2. The number of nitrogens with zero attached hydrogens (tertiary/aromatic N) is 3. The highest BCUT2D eigenvalue weighted by Crippen LogP contribution is 2.34. The maximum absolute atomic E-state index is 10.9. The summed E-state index contributed by atoms with van der Waals surface area (Å²) in [6.45, 7) is 7.66. The quantitative estimate of drug-likeness (QED) is 0.602. The van der Waals surface area contributed by atoms with Gasteiger partial charge in [-0.25, -0.2) is 4.68 Å². The standard InChI is InChI=1S/C10H16ClN3O2/c1-5-7(4)13-10(11)9(14(15)16)8(12-13)6(2)3/h6-7H,5H2,1-4H3. The Morgan fingerprint density at radius 2 is 2.06 bits per heavy atom. The van der Waals surface area contributed by atoms with E-state index in [9.17, 15) is 10.1 Å². The van der Waals surface area contributed by atoms with Crippen molar-refractivity contribution in [2.24, 2.45) is 0 Å². The van der Waals surface area contributed by atoms with E-state index >= 15 is 0 Å². The summed E-state index contributed by atoms with van der Waals surface area (Å²) < 4.78 is 1.54. The van der Waals surface area contributed by atoms with E-state index < -0.39 is 4.92 Å². The molecule has 6 heteroatoms. The van der Waals surface area contributed by atoms with Gasteiger partial charge in [0.2, 0.25) is 5.15 Å². The topological polar surface area (TPSA) is 61.0 Å². The Morgan fingerprint density at radius 1 is 1.50 bits per heavy atom. The monoisotopic (exact) mass is 245 g/mol. The highest BCUT2D eigenvalue weighted by Gasteiger charge is 2.29. The second kappa shape index (κ2) is 4.82. The van der Waals surface area contributed by atoms with Crippen LogP contribution in [0.2, 0.25) is 5.15 Å². The molecule has 0 aromatic carbocycles. The van der Waals surface area contributed by atoms with Gasteiger partial charge in [0.25, 0.3) is 0 Å². The van der Waals surface area contributed by atoms with Crippen LogP contribution in [0.5, 0.6) is 0 Å². The smallest absolute Gasteiger partial charge is 0.258 e. The van der Waals surface area contributed by atoms with Gasteiger partial charge in [0.15, 0.2) is 0 Å². The molecule has 0 aliphatic heterocycles. The van der Waals surface area contributed by atoms with E-state index in [1.807, 2.05) is 27.7 Å². The van der Waals surface area contributed by atoms with Crippen molar-refractivity contribution in [1.29, 1.82) is 0 Å².